The highest BCUT2D eigenvalue weighted by Gasteiger charge is 2.35. The van der Waals surface area contributed by atoms with Gasteiger partial charge < -0.3 is 14.3 Å². The van der Waals surface area contributed by atoms with Gasteiger partial charge in [0.05, 0.1) is 22.5 Å². The van der Waals surface area contributed by atoms with Crippen LogP contribution >= 0.6 is 0 Å². The highest BCUT2D eigenvalue weighted by atomic mass is 16.3. The second-order valence-electron chi connectivity index (χ2n) is 15.9. The fraction of sp³-hybridized carbons (Fsp3) is 0.226. The van der Waals surface area contributed by atoms with E-state index in [0.29, 0.717) is 0 Å². The lowest BCUT2D eigenvalue weighted by Gasteiger charge is -2.35. The van der Waals surface area contributed by atoms with Crippen LogP contribution in [0.5, 0.6) is 0 Å². The molecule has 3 heterocycles. The maximum Gasteiger partial charge on any atom is 0.145 e. The zero-order chi connectivity index (χ0) is 38.3. The highest BCUT2D eigenvalue weighted by Crippen LogP contribution is 2.48. The number of furan rings is 1. The first kappa shape index (κ1) is 35.3. The number of nitrogens with one attached hydrogen (secondary N) is 1. The number of allylic oxidation sites excluding steroid dienone is 14. The first-order chi connectivity index (χ1) is 28.2. The first-order valence-electron chi connectivity index (χ1n) is 20.9. The van der Waals surface area contributed by atoms with Crippen LogP contribution < -0.4 is 5.32 Å². The third-order valence-electron chi connectivity index (χ3n) is 12.5. The summed E-state index contributed by atoms with van der Waals surface area (Å²) < 4.78 is 9.37. The Morgan fingerprint density at radius 1 is 0.825 bits per heavy atom. The summed E-state index contributed by atoms with van der Waals surface area (Å²) in [6, 6.07) is 21.8. The minimum Gasteiger partial charge on any atom is -0.455 e. The normalized spacial score (nSPS) is 22.9. The van der Waals surface area contributed by atoms with E-state index in [1.165, 1.54) is 62.6 Å². The predicted octanol–water partition coefficient (Wildman–Crippen LogP) is 13.7. The van der Waals surface area contributed by atoms with Crippen LogP contribution in [0.25, 0.3) is 49.4 Å². The molecule has 1 N–H and O–H groups in total. The highest BCUT2D eigenvalue weighted by molar-refractivity contribution is 6.24. The van der Waals surface area contributed by atoms with Gasteiger partial charge in [0.25, 0.3) is 0 Å². The van der Waals surface area contributed by atoms with Crippen molar-refractivity contribution < 1.29 is 4.42 Å². The van der Waals surface area contributed by atoms with E-state index in [1.54, 1.807) is 0 Å². The summed E-state index contributed by atoms with van der Waals surface area (Å²) in [5.41, 5.74) is 13.0. The lowest BCUT2D eigenvalue weighted by molar-refractivity contribution is 0.616. The lowest BCUT2D eigenvalue weighted by Crippen LogP contribution is -2.34. The van der Waals surface area contributed by atoms with E-state index in [4.69, 9.17) is 9.41 Å². The molecule has 10 rings (SSSR count). The molecule has 0 fully saturated rings. The molecule has 4 aliphatic carbocycles. The van der Waals surface area contributed by atoms with Crippen LogP contribution in [0.15, 0.2) is 196 Å². The summed E-state index contributed by atoms with van der Waals surface area (Å²) in [6.45, 7) is 8.21. The summed E-state index contributed by atoms with van der Waals surface area (Å²) in [4.78, 5) is 5.49. The van der Waals surface area contributed by atoms with Gasteiger partial charge in [-0.2, -0.15) is 0 Å². The van der Waals surface area contributed by atoms with Crippen molar-refractivity contribution in [2.75, 3.05) is 0 Å². The van der Waals surface area contributed by atoms with Crippen molar-refractivity contribution in [3.05, 3.63) is 186 Å². The molecule has 0 amide bonds. The second kappa shape index (κ2) is 15.1. The third kappa shape index (κ3) is 6.28. The van der Waals surface area contributed by atoms with Crippen LogP contribution in [0.3, 0.4) is 0 Å². The van der Waals surface area contributed by atoms with Gasteiger partial charge in [0.1, 0.15) is 17.0 Å². The maximum atomic E-state index is 6.76. The number of nitrogens with zero attached hydrogens (tertiary/aromatic N) is 2. The quantitative estimate of drug-likeness (QED) is 0.127. The Morgan fingerprint density at radius 2 is 1.67 bits per heavy atom. The summed E-state index contributed by atoms with van der Waals surface area (Å²) >= 11 is 0. The van der Waals surface area contributed by atoms with Crippen LogP contribution in [0, 0.1) is 11.8 Å². The van der Waals surface area contributed by atoms with Crippen LogP contribution in [0.2, 0.25) is 0 Å². The Bertz CT molecular complexity index is 2790. The Morgan fingerprint density at radius 3 is 2.49 bits per heavy atom. The molecule has 0 spiro atoms. The summed E-state index contributed by atoms with van der Waals surface area (Å²) in [5.74, 6) is 1.32. The Balaban J connectivity index is 1.25. The molecule has 0 saturated heterocycles. The van der Waals surface area contributed by atoms with E-state index in [0.717, 1.165) is 84.0 Å². The van der Waals surface area contributed by atoms with Gasteiger partial charge in [0, 0.05) is 39.4 Å². The van der Waals surface area contributed by atoms with E-state index in [1.807, 2.05) is 18.2 Å². The molecule has 3 aromatic carbocycles. The van der Waals surface area contributed by atoms with E-state index in [9.17, 15) is 0 Å². The molecule has 0 bridgehead atoms. The van der Waals surface area contributed by atoms with Crippen molar-refractivity contribution in [1.82, 2.24) is 9.88 Å². The van der Waals surface area contributed by atoms with Crippen LogP contribution in [0.4, 0.5) is 0 Å². The zero-order valence-corrected chi connectivity index (χ0v) is 32.6. The molecule has 282 valence electrons. The molecule has 5 aliphatic rings. The average molecular weight is 744 g/mol. The summed E-state index contributed by atoms with van der Waals surface area (Å²) in [5, 5.41) is 8.60. The van der Waals surface area contributed by atoms with Gasteiger partial charge >= 0.3 is 0 Å². The van der Waals surface area contributed by atoms with Crippen molar-refractivity contribution in [2.45, 2.75) is 63.8 Å². The number of rotatable bonds is 8. The van der Waals surface area contributed by atoms with Gasteiger partial charge in [0.15, 0.2) is 0 Å². The molecule has 5 aromatic rings. The van der Waals surface area contributed by atoms with Gasteiger partial charge in [-0.25, -0.2) is 0 Å². The van der Waals surface area contributed by atoms with Crippen molar-refractivity contribution in [3.8, 4) is 0 Å². The molecule has 3 unspecified atom stereocenters. The van der Waals surface area contributed by atoms with Gasteiger partial charge in [-0.1, -0.05) is 123 Å². The van der Waals surface area contributed by atoms with Crippen LogP contribution in [-0.2, 0) is 0 Å². The number of aliphatic imine (C=N–C) groups is 1. The molecule has 3 atom stereocenters. The van der Waals surface area contributed by atoms with Crippen molar-refractivity contribution in [2.24, 2.45) is 16.8 Å². The van der Waals surface area contributed by atoms with E-state index in [-0.39, 0.29) is 17.9 Å². The molecule has 57 heavy (non-hydrogen) atoms. The third-order valence-corrected chi connectivity index (χ3v) is 12.5. The van der Waals surface area contributed by atoms with Crippen molar-refractivity contribution >= 4 is 55.3 Å². The fourth-order valence-electron chi connectivity index (χ4n) is 9.76. The smallest absolute Gasteiger partial charge is 0.145 e. The first-order valence-corrected chi connectivity index (χ1v) is 20.9. The molecule has 0 radical (unpaired) electrons. The molecular weight excluding hydrogens is 695 g/mol. The van der Waals surface area contributed by atoms with Crippen LogP contribution in [0.1, 0.15) is 57.8 Å². The van der Waals surface area contributed by atoms with Crippen LogP contribution in [-0.4, -0.2) is 16.4 Å². The Hall–Kier alpha value is -6.13. The minimum absolute atomic E-state index is 0.104. The molecular formula is C53H49N3O. The molecule has 0 saturated carbocycles. The topological polar surface area (TPSA) is 42.5 Å². The molecule has 2 aromatic heterocycles. The van der Waals surface area contributed by atoms with Crippen molar-refractivity contribution in [1.29, 1.82) is 0 Å². The van der Waals surface area contributed by atoms with Crippen molar-refractivity contribution in [3.63, 3.8) is 0 Å². The number of para-hydroxylation sites is 2. The zero-order valence-electron chi connectivity index (χ0n) is 32.6. The number of hydrogen-bond acceptors (Lipinski definition) is 3. The minimum atomic E-state index is -0.175. The van der Waals surface area contributed by atoms with Gasteiger partial charge in [0.2, 0.25) is 0 Å². The fourth-order valence-corrected chi connectivity index (χ4v) is 9.76. The Labute approximate surface area is 335 Å². The molecule has 4 nitrogen and oxygen atoms in total. The molecule has 4 heteroatoms. The van der Waals surface area contributed by atoms with E-state index < -0.39 is 0 Å². The lowest BCUT2D eigenvalue weighted by atomic mass is 9.76. The maximum absolute atomic E-state index is 6.76. The van der Waals surface area contributed by atoms with E-state index in [2.05, 4.69) is 144 Å². The number of benzene rings is 3. The van der Waals surface area contributed by atoms with Gasteiger partial charge in [-0.05, 0) is 116 Å². The number of hydrogen-bond donors (Lipinski definition) is 1. The summed E-state index contributed by atoms with van der Waals surface area (Å²) in [6.07, 6.45) is 39.3. The SMILES string of the molecule is C=C/C=C(\C=C)C1C=C(C2=CCCC=C2)NC(C2=CC(C3C=CCCCC3)=C(n3c4ccccc4c4c5oc6ccccc6c5ccc43)C(C3=CCCC=C3)C2)=N1. The Kier molecular flexibility index (Phi) is 9.34. The largest absolute Gasteiger partial charge is 0.455 e. The number of aromatic nitrogens is 1. The van der Waals surface area contributed by atoms with Gasteiger partial charge in [-0.15, -0.1) is 0 Å². The number of fused-ring (bicyclic) bond motifs is 7. The second-order valence-corrected chi connectivity index (χ2v) is 15.9. The molecule has 1 aliphatic heterocycles. The van der Waals surface area contributed by atoms with E-state index >= 15 is 0 Å². The van der Waals surface area contributed by atoms with Gasteiger partial charge in [-0.3, -0.25) is 4.99 Å². The number of amidine groups is 1. The predicted molar refractivity (Wildman–Crippen MR) is 241 cm³/mol. The average Bonchev–Trinajstić information content (AvgIpc) is 3.68. The monoisotopic (exact) mass is 743 g/mol. The summed E-state index contributed by atoms with van der Waals surface area (Å²) in [7, 11) is 0. The standard InChI is InChI=1S/C53H49N3O/c1-3-19-35(4-2)45-34-46(38-24-13-8-14-25-38)55-53(54-45)39-32-43(36-20-9-5-6-10-21-36)51(44(33-39)37-22-11-7-12-23-37)56-47-28-17-15-27-42(47)50-48(56)31-30-41-40-26-16-18-29-49(40)57-52(41)50/h3-4,9,11,13,15-20,22-32,34,36,44-45H,1-2,5-8,10,12,14,21,33H2,(H,54,55)/b35-19+.